The number of amides is 1. The molecule has 28 heavy (non-hydrogen) atoms. The van der Waals surface area contributed by atoms with Crippen LogP contribution in [0.25, 0.3) is 0 Å². The lowest BCUT2D eigenvalue weighted by Crippen LogP contribution is -2.50. The molecule has 1 fully saturated rings. The molecule has 0 atom stereocenters. The van der Waals surface area contributed by atoms with E-state index in [0.29, 0.717) is 38.7 Å². The van der Waals surface area contributed by atoms with Crippen LogP contribution in [0.2, 0.25) is 0 Å². The van der Waals surface area contributed by atoms with Crippen molar-refractivity contribution in [2.24, 2.45) is 4.99 Å². The number of aliphatic imine (C=N–C) groups is 1. The predicted octanol–water partition coefficient (Wildman–Crippen LogP) is 2.53. The second-order valence-electron chi connectivity index (χ2n) is 8.08. The van der Waals surface area contributed by atoms with E-state index in [1.807, 2.05) is 27.7 Å². The minimum atomic E-state index is -2.28. The maximum Gasteiger partial charge on any atom is 0.410 e. The SMILES string of the molecule is CCCN(CCNC(=NC)NC1CCN(CC(F)F)CC1)C(=O)OC(C)(C)C. The van der Waals surface area contributed by atoms with Crippen LogP contribution in [0.4, 0.5) is 13.6 Å². The number of carbonyl (C=O) groups excluding carboxylic acids is 1. The number of piperidine rings is 1. The normalized spacial score (nSPS) is 16.9. The zero-order valence-corrected chi connectivity index (χ0v) is 17.9. The number of nitrogens with zero attached hydrogens (tertiary/aromatic N) is 3. The third-order valence-corrected chi connectivity index (χ3v) is 4.37. The fraction of sp³-hybridized carbons (Fsp3) is 0.895. The summed E-state index contributed by atoms with van der Waals surface area (Å²) in [4.78, 5) is 20.0. The number of rotatable bonds is 8. The zero-order chi connectivity index (χ0) is 21.2. The summed E-state index contributed by atoms with van der Waals surface area (Å²) >= 11 is 0. The lowest BCUT2D eigenvalue weighted by atomic mass is 10.1. The summed E-state index contributed by atoms with van der Waals surface area (Å²) < 4.78 is 30.4. The summed E-state index contributed by atoms with van der Waals surface area (Å²) in [7, 11) is 1.69. The summed E-state index contributed by atoms with van der Waals surface area (Å²) in [6.07, 6.45) is -0.148. The number of ether oxygens (including phenoxy) is 1. The Morgan fingerprint density at radius 3 is 2.43 bits per heavy atom. The predicted molar refractivity (Wildman–Crippen MR) is 108 cm³/mol. The van der Waals surface area contributed by atoms with E-state index in [0.717, 1.165) is 19.3 Å². The standard InChI is InChI=1S/C19H37F2N5O2/c1-6-10-26(18(27)28-19(2,3)4)13-9-23-17(22-5)24-15-7-11-25(12-8-15)14-16(20)21/h15-16H,6-14H2,1-5H3,(H2,22,23,24). The van der Waals surface area contributed by atoms with Gasteiger partial charge < -0.3 is 20.3 Å². The largest absolute Gasteiger partial charge is 0.444 e. The number of guanidine groups is 1. The summed E-state index contributed by atoms with van der Waals surface area (Å²) in [5.41, 5.74) is -0.521. The van der Waals surface area contributed by atoms with Gasteiger partial charge in [0.1, 0.15) is 5.60 Å². The molecule has 0 saturated carbocycles. The second-order valence-corrected chi connectivity index (χ2v) is 8.08. The van der Waals surface area contributed by atoms with E-state index < -0.39 is 12.0 Å². The fourth-order valence-corrected chi connectivity index (χ4v) is 3.04. The van der Waals surface area contributed by atoms with Gasteiger partial charge in [0.2, 0.25) is 0 Å². The smallest absolute Gasteiger partial charge is 0.410 e. The number of alkyl halides is 2. The Morgan fingerprint density at radius 1 is 1.29 bits per heavy atom. The molecule has 1 amide bonds. The Morgan fingerprint density at radius 2 is 1.93 bits per heavy atom. The average molecular weight is 406 g/mol. The van der Waals surface area contributed by atoms with Crippen molar-refractivity contribution in [1.29, 1.82) is 0 Å². The molecule has 0 spiro atoms. The molecule has 1 rings (SSSR count). The summed E-state index contributed by atoms with van der Waals surface area (Å²) in [6, 6.07) is 0.206. The Kier molecular flexibility index (Phi) is 10.5. The van der Waals surface area contributed by atoms with Crippen LogP contribution in [0.15, 0.2) is 4.99 Å². The number of nitrogens with one attached hydrogen (secondary N) is 2. The number of likely N-dealkylation sites (tertiary alicyclic amines) is 1. The molecule has 0 unspecified atom stereocenters. The first-order chi connectivity index (χ1) is 13.1. The highest BCUT2D eigenvalue weighted by Crippen LogP contribution is 2.12. The van der Waals surface area contributed by atoms with Crippen molar-refractivity contribution in [1.82, 2.24) is 20.4 Å². The van der Waals surface area contributed by atoms with Crippen molar-refractivity contribution in [3.05, 3.63) is 0 Å². The van der Waals surface area contributed by atoms with Gasteiger partial charge >= 0.3 is 6.09 Å². The third kappa shape index (κ3) is 10.1. The van der Waals surface area contributed by atoms with Crippen LogP contribution < -0.4 is 10.6 Å². The van der Waals surface area contributed by atoms with Gasteiger partial charge in [0, 0.05) is 45.8 Å². The third-order valence-electron chi connectivity index (χ3n) is 4.37. The highest BCUT2D eigenvalue weighted by Gasteiger charge is 2.23. The van der Waals surface area contributed by atoms with Gasteiger partial charge in [-0.1, -0.05) is 6.92 Å². The Bertz CT molecular complexity index is 489. The van der Waals surface area contributed by atoms with Crippen LogP contribution in [0, 0.1) is 0 Å². The van der Waals surface area contributed by atoms with E-state index in [1.165, 1.54) is 0 Å². The van der Waals surface area contributed by atoms with E-state index >= 15 is 0 Å². The monoisotopic (exact) mass is 405 g/mol. The fourth-order valence-electron chi connectivity index (χ4n) is 3.04. The number of hydrogen-bond acceptors (Lipinski definition) is 4. The van der Waals surface area contributed by atoms with Crippen molar-refractivity contribution < 1.29 is 18.3 Å². The molecule has 1 heterocycles. The quantitative estimate of drug-likeness (QED) is 0.480. The van der Waals surface area contributed by atoms with Gasteiger partial charge in [0.05, 0.1) is 6.54 Å². The second kappa shape index (κ2) is 12.0. The number of hydrogen-bond donors (Lipinski definition) is 2. The van der Waals surface area contributed by atoms with E-state index in [2.05, 4.69) is 15.6 Å². The highest BCUT2D eigenvalue weighted by atomic mass is 19.3. The first-order valence-electron chi connectivity index (χ1n) is 10.1. The van der Waals surface area contributed by atoms with Gasteiger partial charge in [0.25, 0.3) is 6.43 Å². The van der Waals surface area contributed by atoms with Gasteiger partial charge in [-0.2, -0.15) is 0 Å². The van der Waals surface area contributed by atoms with Crippen molar-refractivity contribution in [2.45, 2.75) is 65.0 Å². The lowest BCUT2D eigenvalue weighted by Gasteiger charge is -2.33. The molecule has 0 bridgehead atoms. The maximum absolute atomic E-state index is 12.5. The molecule has 0 aromatic carbocycles. The molecule has 1 aliphatic heterocycles. The molecule has 0 aromatic heterocycles. The first kappa shape index (κ1) is 24.4. The van der Waals surface area contributed by atoms with Crippen molar-refractivity contribution in [3.63, 3.8) is 0 Å². The molecule has 9 heteroatoms. The molecular weight excluding hydrogens is 368 g/mol. The van der Waals surface area contributed by atoms with E-state index in [1.54, 1.807) is 16.8 Å². The molecule has 1 saturated heterocycles. The lowest BCUT2D eigenvalue weighted by molar-refractivity contribution is 0.0253. The maximum atomic E-state index is 12.5. The van der Waals surface area contributed by atoms with E-state index in [-0.39, 0.29) is 18.7 Å². The Balaban J connectivity index is 2.39. The molecule has 1 aliphatic rings. The summed E-state index contributed by atoms with van der Waals surface area (Å²) in [6.45, 7) is 10.4. The van der Waals surface area contributed by atoms with Crippen LogP contribution in [-0.2, 0) is 4.74 Å². The molecule has 0 radical (unpaired) electrons. The van der Waals surface area contributed by atoms with E-state index in [9.17, 15) is 13.6 Å². The van der Waals surface area contributed by atoms with Gasteiger partial charge in [-0.3, -0.25) is 9.89 Å². The van der Waals surface area contributed by atoms with E-state index in [4.69, 9.17) is 4.74 Å². The van der Waals surface area contributed by atoms with Crippen LogP contribution in [0.3, 0.4) is 0 Å². The average Bonchev–Trinajstić information content (AvgIpc) is 2.59. The first-order valence-corrected chi connectivity index (χ1v) is 10.1. The minimum absolute atomic E-state index is 0.155. The zero-order valence-electron chi connectivity index (χ0n) is 17.9. The molecular formula is C19H37F2N5O2. The van der Waals surface area contributed by atoms with Crippen LogP contribution in [-0.4, -0.2) is 86.2 Å². The van der Waals surface area contributed by atoms with Crippen molar-refractivity contribution in [2.75, 3.05) is 46.3 Å². The van der Waals surface area contributed by atoms with Gasteiger partial charge in [-0.05, 0) is 40.0 Å². The molecule has 7 nitrogen and oxygen atoms in total. The van der Waals surface area contributed by atoms with Gasteiger partial charge in [-0.15, -0.1) is 0 Å². The highest BCUT2D eigenvalue weighted by molar-refractivity contribution is 5.80. The van der Waals surface area contributed by atoms with Gasteiger partial charge in [-0.25, -0.2) is 13.6 Å². The Labute approximate surface area is 167 Å². The molecule has 0 aromatic rings. The summed E-state index contributed by atoms with van der Waals surface area (Å²) in [5.74, 6) is 0.660. The van der Waals surface area contributed by atoms with Crippen LogP contribution in [0.1, 0.15) is 47.0 Å². The van der Waals surface area contributed by atoms with Crippen LogP contribution in [0.5, 0.6) is 0 Å². The summed E-state index contributed by atoms with van der Waals surface area (Å²) in [5, 5.41) is 6.57. The van der Waals surface area contributed by atoms with Crippen molar-refractivity contribution >= 4 is 12.1 Å². The Hall–Kier alpha value is -1.64. The molecule has 2 N–H and O–H groups in total. The van der Waals surface area contributed by atoms with Crippen LogP contribution >= 0.6 is 0 Å². The topological polar surface area (TPSA) is 69.2 Å². The number of carbonyl (C=O) groups is 1. The molecule has 0 aliphatic carbocycles. The minimum Gasteiger partial charge on any atom is -0.444 e. The van der Waals surface area contributed by atoms with Gasteiger partial charge in [0.15, 0.2) is 5.96 Å². The molecule has 164 valence electrons. The van der Waals surface area contributed by atoms with Crippen molar-refractivity contribution in [3.8, 4) is 0 Å². The number of halogens is 2.